The minimum Gasteiger partial charge on any atom is -0.256 e. The van der Waals surface area contributed by atoms with E-state index in [4.69, 9.17) is 4.98 Å². The number of fused-ring (bicyclic) bond motifs is 8. The molecular formula is C54H37N. The van der Waals surface area contributed by atoms with Crippen molar-refractivity contribution in [3.05, 3.63) is 199 Å². The lowest BCUT2D eigenvalue weighted by atomic mass is 9.78. The molecule has 0 bridgehead atoms. The van der Waals surface area contributed by atoms with Crippen LogP contribution in [0.4, 0.5) is 0 Å². The van der Waals surface area contributed by atoms with Crippen molar-refractivity contribution < 1.29 is 0 Å². The van der Waals surface area contributed by atoms with E-state index in [0.29, 0.717) is 0 Å². The van der Waals surface area contributed by atoms with Gasteiger partial charge in [0.25, 0.3) is 0 Å². The van der Waals surface area contributed by atoms with Crippen molar-refractivity contribution >= 4 is 43.1 Å². The van der Waals surface area contributed by atoms with Gasteiger partial charge in [0.1, 0.15) is 0 Å². The van der Waals surface area contributed by atoms with E-state index in [1.807, 2.05) is 12.3 Å². The summed E-state index contributed by atoms with van der Waals surface area (Å²) < 4.78 is 0. The number of pyridine rings is 1. The average molecular weight is 700 g/mol. The quantitative estimate of drug-likeness (QED) is 0.167. The highest BCUT2D eigenvalue weighted by molar-refractivity contribution is 6.25. The van der Waals surface area contributed by atoms with Crippen molar-refractivity contribution in [2.45, 2.75) is 19.3 Å². The third-order valence-corrected chi connectivity index (χ3v) is 12.1. The number of nitrogens with zero attached hydrogens (tertiary/aromatic N) is 1. The molecule has 0 saturated carbocycles. The molecule has 258 valence electrons. The highest BCUT2D eigenvalue weighted by Gasteiger charge is 2.37. The van der Waals surface area contributed by atoms with Crippen LogP contribution in [0.2, 0.25) is 0 Å². The number of rotatable bonds is 4. The number of hydrogen-bond acceptors (Lipinski definition) is 1. The maximum absolute atomic E-state index is 4.88. The van der Waals surface area contributed by atoms with Gasteiger partial charge in [-0.3, -0.25) is 4.98 Å². The summed E-state index contributed by atoms with van der Waals surface area (Å²) in [5.74, 6) is 0. The van der Waals surface area contributed by atoms with E-state index in [9.17, 15) is 0 Å². The molecule has 1 aliphatic rings. The van der Waals surface area contributed by atoms with Crippen LogP contribution in [0.3, 0.4) is 0 Å². The minimum atomic E-state index is -0.134. The Bertz CT molecular complexity index is 3150. The fraction of sp³-hybridized carbons (Fsp3) is 0.0556. The predicted octanol–water partition coefficient (Wildman–Crippen LogP) is 14.7. The third-order valence-electron chi connectivity index (χ3n) is 12.1. The maximum atomic E-state index is 4.88. The fourth-order valence-electron chi connectivity index (χ4n) is 9.41. The molecule has 1 nitrogen and oxygen atoms in total. The van der Waals surface area contributed by atoms with E-state index in [2.05, 4.69) is 190 Å². The molecule has 0 fully saturated rings. The van der Waals surface area contributed by atoms with E-state index >= 15 is 0 Å². The minimum absolute atomic E-state index is 0.134. The summed E-state index contributed by atoms with van der Waals surface area (Å²) in [5.41, 5.74) is 14.9. The van der Waals surface area contributed by atoms with Crippen LogP contribution in [0.5, 0.6) is 0 Å². The molecule has 55 heavy (non-hydrogen) atoms. The molecular weight excluding hydrogens is 663 g/mol. The van der Waals surface area contributed by atoms with Gasteiger partial charge in [-0.25, -0.2) is 0 Å². The number of hydrogen-bond donors (Lipinski definition) is 0. The van der Waals surface area contributed by atoms with Gasteiger partial charge in [-0.2, -0.15) is 0 Å². The lowest BCUT2D eigenvalue weighted by molar-refractivity contribution is 0.661. The van der Waals surface area contributed by atoms with Crippen LogP contribution < -0.4 is 0 Å². The zero-order chi connectivity index (χ0) is 36.7. The summed E-state index contributed by atoms with van der Waals surface area (Å²) in [4.78, 5) is 4.88. The van der Waals surface area contributed by atoms with Gasteiger partial charge in [0.2, 0.25) is 0 Å². The Hall–Kier alpha value is -6.83. The number of benzene rings is 9. The van der Waals surface area contributed by atoms with E-state index in [0.717, 1.165) is 16.6 Å². The van der Waals surface area contributed by atoms with Gasteiger partial charge in [0, 0.05) is 22.6 Å². The van der Waals surface area contributed by atoms with Gasteiger partial charge >= 0.3 is 0 Å². The normalized spacial score (nSPS) is 13.1. The highest BCUT2D eigenvalue weighted by atomic mass is 14.7. The zero-order valence-corrected chi connectivity index (χ0v) is 30.8. The summed E-state index contributed by atoms with van der Waals surface area (Å²) in [6.07, 6.45) is 2.02. The lowest BCUT2D eigenvalue weighted by Gasteiger charge is -2.24. The van der Waals surface area contributed by atoms with E-state index < -0.39 is 0 Å². The smallest absolute Gasteiger partial charge is 0.0708 e. The average Bonchev–Trinajstić information content (AvgIpc) is 3.48. The molecule has 1 heterocycles. The molecule has 0 spiro atoms. The topological polar surface area (TPSA) is 12.9 Å². The molecule has 0 aliphatic heterocycles. The largest absolute Gasteiger partial charge is 0.256 e. The molecule has 9 aromatic carbocycles. The Kier molecular flexibility index (Phi) is 6.97. The van der Waals surface area contributed by atoms with Crippen molar-refractivity contribution in [3.63, 3.8) is 0 Å². The first-order valence-electron chi connectivity index (χ1n) is 19.2. The molecule has 1 heteroatoms. The van der Waals surface area contributed by atoms with Crippen molar-refractivity contribution in [2.75, 3.05) is 0 Å². The molecule has 0 radical (unpaired) electrons. The van der Waals surface area contributed by atoms with Gasteiger partial charge in [0.05, 0.1) is 5.69 Å². The zero-order valence-electron chi connectivity index (χ0n) is 30.8. The first-order valence-corrected chi connectivity index (χ1v) is 19.2. The van der Waals surface area contributed by atoms with Crippen LogP contribution in [0.1, 0.15) is 25.0 Å². The van der Waals surface area contributed by atoms with Crippen LogP contribution in [-0.4, -0.2) is 4.98 Å². The van der Waals surface area contributed by atoms with Crippen molar-refractivity contribution in [3.8, 4) is 55.8 Å². The second-order valence-corrected chi connectivity index (χ2v) is 15.5. The van der Waals surface area contributed by atoms with Crippen LogP contribution in [0.25, 0.3) is 98.9 Å². The summed E-state index contributed by atoms with van der Waals surface area (Å²) in [6, 6.07) is 67.0. The Morgan fingerprint density at radius 2 is 0.927 bits per heavy atom. The van der Waals surface area contributed by atoms with Crippen LogP contribution >= 0.6 is 0 Å². The third kappa shape index (κ3) is 4.83. The molecule has 10 aromatic rings. The first kappa shape index (κ1) is 31.7. The molecule has 0 N–H and O–H groups in total. The molecule has 0 saturated heterocycles. The Labute approximate surface area is 321 Å². The van der Waals surface area contributed by atoms with Gasteiger partial charge < -0.3 is 0 Å². The molecule has 1 aliphatic carbocycles. The van der Waals surface area contributed by atoms with Crippen molar-refractivity contribution in [2.24, 2.45) is 0 Å². The van der Waals surface area contributed by atoms with E-state index in [-0.39, 0.29) is 5.41 Å². The maximum Gasteiger partial charge on any atom is 0.0708 e. The predicted molar refractivity (Wildman–Crippen MR) is 234 cm³/mol. The van der Waals surface area contributed by atoms with Crippen LogP contribution in [0.15, 0.2) is 188 Å². The summed E-state index contributed by atoms with van der Waals surface area (Å²) in [5, 5.41) is 9.95. The van der Waals surface area contributed by atoms with E-state index in [1.165, 1.54) is 93.3 Å². The molecule has 0 atom stereocenters. The standard InChI is InChI=1S/C54H37N/c1-54(2)48-24-14-13-23-45(48)53-41-20-10-9-19-40(41)47(32-49(53)54)52-43-22-12-11-21-42(43)51(35-17-7-4-8-18-35)44-28-27-37(30-46(44)52)36-25-26-38-31-50(55-33-39(38)29-36)34-15-5-3-6-16-34/h3-33H,1-2H3. The Balaban J connectivity index is 1.21. The van der Waals surface area contributed by atoms with Gasteiger partial charge in [-0.15, -0.1) is 0 Å². The molecule has 0 amide bonds. The highest BCUT2D eigenvalue weighted by Crippen LogP contribution is 2.55. The summed E-state index contributed by atoms with van der Waals surface area (Å²) in [6.45, 7) is 4.78. The molecule has 11 rings (SSSR count). The summed E-state index contributed by atoms with van der Waals surface area (Å²) in [7, 11) is 0. The van der Waals surface area contributed by atoms with Crippen LogP contribution in [-0.2, 0) is 5.41 Å². The number of aromatic nitrogens is 1. The van der Waals surface area contributed by atoms with E-state index in [1.54, 1.807) is 0 Å². The second kappa shape index (κ2) is 12.1. The van der Waals surface area contributed by atoms with Gasteiger partial charge in [-0.05, 0) is 118 Å². The van der Waals surface area contributed by atoms with Gasteiger partial charge in [-0.1, -0.05) is 172 Å². The fourth-order valence-corrected chi connectivity index (χ4v) is 9.41. The SMILES string of the molecule is CC1(C)c2ccccc2-c2c1cc(-c1c3ccccc3c(-c3ccccc3)c3ccc(-c4ccc5cc(-c6ccccc6)ncc5c4)cc13)c1ccccc21. The van der Waals surface area contributed by atoms with Crippen molar-refractivity contribution in [1.82, 2.24) is 4.98 Å². The van der Waals surface area contributed by atoms with Crippen LogP contribution in [0, 0.1) is 0 Å². The Morgan fingerprint density at radius 1 is 0.345 bits per heavy atom. The second-order valence-electron chi connectivity index (χ2n) is 15.5. The lowest BCUT2D eigenvalue weighted by Crippen LogP contribution is -2.15. The first-order chi connectivity index (χ1) is 27.0. The molecule has 1 aromatic heterocycles. The summed E-state index contributed by atoms with van der Waals surface area (Å²) >= 11 is 0. The van der Waals surface area contributed by atoms with Crippen molar-refractivity contribution in [1.29, 1.82) is 0 Å². The molecule has 0 unspecified atom stereocenters. The monoisotopic (exact) mass is 699 g/mol. The Morgan fingerprint density at radius 3 is 1.69 bits per heavy atom. The van der Waals surface area contributed by atoms with Gasteiger partial charge in [0.15, 0.2) is 0 Å².